The molecule has 0 aliphatic rings. The van der Waals surface area contributed by atoms with Gasteiger partial charge in [0.2, 0.25) is 0 Å². The first-order valence-electron chi connectivity index (χ1n) is 5.08. The summed E-state index contributed by atoms with van der Waals surface area (Å²) in [6.07, 6.45) is 1.83. The molecule has 1 aromatic carbocycles. The summed E-state index contributed by atoms with van der Waals surface area (Å²) in [4.78, 5) is 0. The van der Waals surface area contributed by atoms with E-state index in [0.717, 1.165) is 11.3 Å². The van der Waals surface area contributed by atoms with Gasteiger partial charge >= 0.3 is 0 Å². The Kier molecular flexibility index (Phi) is 2.87. The fraction of sp³-hybridized carbons (Fsp3) is 0.273. The minimum absolute atomic E-state index is 0.103. The summed E-state index contributed by atoms with van der Waals surface area (Å²) in [6.45, 7) is 2.49. The maximum absolute atomic E-state index is 9.15. The highest BCUT2D eigenvalue weighted by Gasteiger charge is 2.05. The van der Waals surface area contributed by atoms with E-state index in [0.29, 0.717) is 6.54 Å². The molecule has 2 rings (SSSR count). The predicted molar refractivity (Wildman–Crippen MR) is 59.8 cm³/mol. The molecule has 0 aliphatic carbocycles. The molecule has 1 aromatic heterocycles. The summed E-state index contributed by atoms with van der Waals surface area (Å²) in [7, 11) is 0. The Morgan fingerprint density at radius 1 is 1.38 bits per heavy atom. The van der Waals surface area contributed by atoms with E-state index < -0.39 is 0 Å². The molecule has 0 saturated heterocycles. The lowest BCUT2D eigenvalue weighted by molar-refractivity contribution is 0.475. The minimum Gasteiger partial charge on any atom is -0.508 e. The van der Waals surface area contributed by atoms with Crippen LogP contribution in [-0.2, 0) is 6.54 Å². The topological polar surface area (TPSA) is 77.0 Å². The van der Waals surface area contributed by atoms with E-state index in [2.05, 4.69) is 10.3 Å². The van der Waals surface area contributed by atoms with Crippen LogP contribution in [0.1, 0.15) is 24.2 Å². The molecule has 1 unspecified atom stereocenters. The summed E-state index contributed by atoms with van der Waals surface area (Å²) in [5.41, 5.74) is 7.52. The molecule has 3 N–H and O–H groups in total. The fourth-order valence-corrected chi connectivity index (χ4v) is 1.39. The number of phenols is 1. The first-order valence-corrected chi connectivity index (χ1v) is 5.08. The van der Waals surface area contributed by atoms with Gasteiger partial charge in [0, 0.05) is 6.04 Å². The van der Waals surface area contributed by atoms with Gasteiger partial charge in [-0.1, -0.05) is 17.3 Å². The number of phenolic OH excluding ortho intramolecular Hbond substituents is 1. The number of benzene rings is 1. The Bertz CT molecular complexity index is 461. The molecule has 0 bridgehead atoms. The van der Waals surface area contributed by atoms with Crippen molar-refractivity contribution in [2.24, 2.45) is 5.73 Å². The molecule has 5 heteroatoms. The molecule has 1 heterocycles. The quantitative estimate of drug-likeness (QED) is 0.807. The highest BCUT2D eigenvalue weighted by atomic mass is 16.3. The van der Waals surface area contributed by atoms with E-state index in [1.807, 2.05) is 25.3 Å². The highest BCUT2D eigenvalue weighted by Crippen LogP contribution is 2.11. The molecule has 16 heavy (non-hydrogen) atoms. The second-order valence-corrected chi connectivity index (χ2v) is 3.80. The van der Waals surface area contributed by atoms with E-state index in [1.165, 1.54) is 0 Å². The zero-order valence-electron chi connectivity index (χ0n) is 9.04. The van der Waals surface area contributed by atoms with E-state index >= 15 is 0 Å². The van der Waals surface area contributed by atoms with Gasteiger partial charge in [-0.25, -0.2) is 4.68 Å². The second-order valence-electron chi connectivity index (χ2n) is 3.80. The number of aromatic nitrogens is 3. The predicted octanol–water partition coefficient (Wildman–Crippen LogP) is 1.05. The molecule has 0 amide bonds. The lowest BCUT2D eigenvalue weighted by Crippen LogP contribution is -2.05. The van der Waals surface area contributed by atoms with Crippen molar-refractivity contribution in [1.29, 1.82) is 0 Å². The van der Waals surface area contributed by atoms with Crippen LogP contribution in [0.5, 0.6) is 5.75 Å². The van der Waals surface area contributed by atoms with Crippen molar-refractivity contribution >= 4 is 0 Å². The SMILES string of the molecule is CC(N)c1cn(Cc2ccc(O)cc2)nn1. The number of aromatic hydroxyl groups is 1. The number of hydrogen-bond donors (Lipinski definition) is 2. The van der Waals surface area contributed by atoms with Gasteiger partial charge in [-0.15, -0.1) is 5.10 Å². The fourth-order valence-electron chi connectivity index (χ4n) is 1.39. The van der Waals surface area contributed by atoms with Crippen molar-refractivity contribution in [3.05, 3.63) is 41.7 Å². The standard InChI is InChI=1S/C11H14N4O/c1-8(12)11-7-15(14-13-11)6-9-2-4-10(16)5-3-9/h2-5,7-8,16H,6,12H2,1H3. The Morgan fingerprint density at radius 2 is 2.06 bits per heavy atom. The van der Waals surface area contributed by atoms with Gasteiger partial charge in [0.05, 0.1) is 18.4 Å². The lowest BCUT2D eigenvalue weighted by Gasteiger charge is -2.01. The molecule has 1 atom stereocenters. The van der Waals surface area contributed by atoms with E-state index in [9.17, 15) is 0 Å². The summed E-state index contributed by atoms with van der Waals surface area (Å²) in [5, 5.41) is 17.1. The maximum Gasteiger partial charge on any atom is 0.115 e. The third kappa shape index (κ3) is 2.38. The summed E-state index contributed by atoms with van der Waals surface area (Å²) in [5.74, 6) is 0.263. The third-order valence-corrected chi connectivity index (χ3v) is 2.30. The maximum atomic E-state index is 9.15. The van der Waals surface area contributed by atoms with Gasteiger partial charge in [-0.2, -0.15) is 0 Å². The summed E-state index contributed by atoms with van der Waals surface area (Å²) < 4.78 is 1.73. The van der Waals surface area contributed by atoms with E-state index in [4.69, 9.17) is 10.8 Å². The van der Waals surface area contributed by atoms with Crippen LogP contribution in [0.3, 0.4) is 0 Å². The van der Waals surface area contributed by atoms with Crippen LogP contribution in [0.4, 0.5) is 0 Å². The van der Waals surface area contributed by atoms with Crippen molar-refractivity contribution < 1.29 is 5.11 Å². The van der Waals surface area contributed by atoms with Crippen molar-refractivity contribution in [3.8, 4) is 5.75 Å². The molecule has 5 nitrogen and oxygen atoms in total. The molecule has 0 fully saturated rings. The number of hydrogen-bond acceptors (Lipinski definition) is 4. The van der Waals surface area contributed by atoms with Crippen molar-refractivity contribution in [3.63, 3.8) is 0 Å². The van der Waals surface area contributed by atoms with Gasteiger partial charge in [0.15, 0.2) is 0 Å². The van der Waals surface area contributed by atoms with Crippen LogP contribution in [0.25, 0.3) is 0 Å². The molecule has 2 aromatic rings. The van der Waals surface area contributed by atoms with Crippen LogP contribution < -0.4 is 5.73 Å². The minimum atomic E-state index is -0.103. The Balaban J connectivity index is 2.11. The van der Waals surface area contributed by atoms with Crippen LogP contribution in [0.2, 0.25) is 0 Å². The number of rotatable bonds is 3. The zero-order valence-corrected chi connectivity index (χ0v) is 9.04. The summed E-state index contributed by atoms with van der Waals surface area (Å²) >= 11 is 0. The largest absolute Gasteiger partial charge is 0.508 e. The third-order valence-electron chi connectivity index (χ3n) is 2.30. The molecule has 0 aliphatic heterocycles. The average molecular weight is 218 g/mol. The Labute approximate surface area is 93.5 Å². The molecule has 0 radical (unpaired) electrons. The smallest absolute Gasteiger partial charge is 0.115 e. The van der Waals surface area contributed by atoms with Crippen molar-refractivity contribution in [2.75, 3.05) is 0 Å². The van der Waals surface area contributed by atoms with Gasteiger partial charge in [0.25, 0.3) is 0 Å². The first kappa shape index (κ1) is 10.6. The number of nitrogens with zero attached hydrogens (tertiary/aromatic N) is 3. The van der Waals surface area contributed by atoms with Gasteiger partial charge in [-0.05, 0) is 24.6 Å². The van der Waals surface area contributed by atoms with Crippen LogP contribution in [0, 0.1) is 0 Å². The van der Waals surface area contributed by atoms with Crippen LogP contribution in [-0.4, -0.2) is 20.1 Å². The zero-order chi connectivity index (χ0) is 11.5. The average Bonchev–Trinajstić information content (AvgIpc) is 2.70. The lowest BCUT2D eigenvalue weighted by atomic mass is 10.2. The molecular weight excluding hydrogens is 204 g/mol. The van der Waals surface area contributed by atoms with E-state index in [1.54, 1.807) is 16.8 Å². The highest BCUT2D eigenvalue weighted by molar-refractivity contribution is 5.25. The second kappa shape index (κ2) is 4.32. The van der Waals surface area contributed by atoms with Crippen LogP contribution in [0.15, 0.2) is 30.5 Å². The molecule has 0 spiro atoms. The van der Waals surface area contributed by atoms with E-state index in [-0.39, 0.29) is 11.8 Å². The molecular formula is C11H14N4O. The Morgan fingerprint density at radius 3 is 2.62 bits per heavy atom. The monoisotopic (exact) mass is 218 g/mol. The Hall–Kier alpha value is -1.88. The van der Waals surface area contributed by atoms with Gasteiger partial charge in [-0.3, -0.25) is 0 Å². The van der Waals surface area contributed by atoms with Crippen LogP contribution >= 0.6 is 0 Å². The number of nitrogens with two attached hydrogens (primary N) is 1. The molecule has 0 saturated carbocycles. The van der Waals surface area contributed by atoms with Gasteiger partial charge < -0.3 is 10.8 Å². The molecule has 84 valence electrons. The van der Waals surface area contributed by atoms with Gasteiger partial charge in [0.1, 0.15) is 5.75 Å². The summed E-state index contributed by atoms with van der Waals surface area (Å²) in [6, 6.07) is 6.90. The van der Waals surface area contributed by atoms with Crippen molar-refractivity contribution in [1.82, 2.24) is 15.0 Å². The normalized spacial score (nSPS) is 12.6. The first-order chi connectivity index (χ1) is 7.65. The van der Waals surface area contributed by atoms with Crippen molar-refractivity contribution in [2.45, 2.75) is 19.5 Å².